The van der Waals surface area contributed by atoms with E-state index in [-0.39, 0.29) is 5.41 Å². The number of hydrogen-bond donors (Lipinski definition) is 0. The molecule has 1 aromatic heterocycles. The molecule has 2 aromatic rings. The van der Waals surface area contributed by atoms with Crippen LogP contribution in [0.3, 0.4) is 0 Å². The van der Waals surface area contributed by atoms with E-state index in [0.717, 1.165) is 11.9 Å². The second-order valence-electron chi connectivity index (χ2n) is 9.21. The van der Waals surface area contributed by atoms with Gasteiger partial charge < -0.3 is 0 Å². The lowest BCUT2D eigenvalue weighted by atomic mass is 9.73. The maximum Gasteiger partial charge on any atom is 0.0705 e. The van der Waals surface area contributed by atoms with Gasteiger partial charge in [-0.3, -0.25) is 4.98 Å². The molecular weight excluding hydrogens is 302 g/mol. The Hall–Kier alpha value is -1.37. The van der Waals surface area contributed by atoms with Crippen LogP contribution < -0.4 is 0 Å². The molecule has 0 bridgehead atoms. The average Bonchev–Trinajstić information content (AvgIpc) is 2.59. The fourth-order valence-corrected chi connectivity index (χ4v) is 3.69. The third-order valence-corrected chi connectivity index (χ3v) is 6.83. The summed E-state index contributed by atoms with van der Waals surface area (Å²) in [6.07, 6.45) is 3.66. The molecule has 2 atom stereocenters. The first kappa shape index (κ1) is 19.9. The Morgan fingerprint density at radius 1 is 0.880 bits per heavy atom. The molecule has 0 N–H and O–H groups in total. The van der Waals surface area contributed by atoms with Crippen LogP contribution in [0.1, 0.15) is 97.7 Å². The number of pyridine rings is 1. The van der Waals surface area contributed by atoms with Crippen molar-refractivity contribution in [3.8, 4) is 0 Å². The van der Waals surface area contributed by atoms with Crippen molar-refractivity contribution in [1.29, 1.82) is 0 Å². The molecule has 25 heavy (non-hydrogen) atoms. The van der Waals surface area contributed by atoms with Gasteiger partial charge in [-0.25, -0.2) is 0 Å². The topological polar surface area (TPSA) is 12.9 Å². The van der Waals surface area contributed by atoms with Gasteiger partial charge in [0.15, 0.2) is 0 Å². The fraction of sp³-hybridized carbons (Fsp3) is 0.625. The number of hydrogen-bond acceptors (Lipinski definition) is 1. The summed E-state index contributed by atoms with van der Waals surface area (Å²) in [6, 6.07) is 11.4. The van der Waals surface area contributed by atoms with E-state index in [0.29, 0.717) is 17.3 Å². The minimum Gasteiger partial charge on any atom is -0.253 e. The Labute approximate surface area is 155 Å². The smallest absolute Gasteiger partial charge is 0.0705 e. The lowest BCUT2D eigenvalue weighted by molar-refractivity contribution is 0.273. The van der Waals surface area contributed by atoms with Crippen LogP contribution in [0.4, 0.5) is 0 Å². The molecule has 0 fully saturated rings. The van der Waals surface area contributed by atoms with Gasteiger partial charge in [0.2, 0.25) is 0 Å². The van der Waals surface area contributed by atoms with E-state index in [2.05, 4.69) is 85.7 Å². The van der Waals surface area contributed by atoms with E-state index in [1.807, 2.05) is 0 Å². The van der Waals surface area contributed by atoms with Gasteiger partial charge >= 0.3 is 0 Å². The van der Waals surface area contributed by atoms with Gasteiger partial charge in [-0.1, -0.05) is 80.4 Å². The van der Waals surface area contributed by atoms with Crippen LogP contribution in [-0.2, 0) is 0 Å². The van der Waals surface area contributed by atoms with Gasteiger partial charge in [-0.2, -0.15) is 0 Å². The van der Waals surface area contributed by atoms with Gasteiger partial charge in [-0.15, -0.1) is 0 Å². The number of nitrogens with zero attached hydrogens (tertiary/aromatic N) is 1. The minimum absolute atomic E-state index is 0.277. The molecule has 138 valence electrons. The predicted molar refractivity (Wildman–Crippen MR) is 111 cm³/mol. The van der Waals surface area contributed by atoms with Gasteiger partial charge in [0, 0.05) is 17.0 Å². The van der Waals surface area contributed by atoms with Crippen LogP contribution in [0, 0.1) is 10.8 Å². The zero-order chi connectivity index (χ0) is 18.8. The van der Waals surface area contributed by atoms with E-state index in [9.17, 15) is 0 Å². The molecule has 1 aromatic carbocycles. The van der Waals surface area contributed by atoms with E-state index in [1.54, 1.807) is 0 Å². The second kappa shape index (κ2) is 7.48. The summed E-state index contributed by atoms with van der Waals surface area (Å²) < 4.78 is 0. The highest BCUT2D eigenvalue weighted by atomic mass is 14.7. The van der Waals surface area contributed by atoms with Crippen molar-refractivity contribution in [3.05, 3.63) is 41.6 Å². The van der Waals surface area contributed by atoms with Crippen LogP contribution in [0.2, 0.25) is 0 Å². The summed E-state index contributed by atoms with van der Waals surface area (Å²) in [5, 5.41) is 1.27. The number of aromatic nitrogens is 1. The highest BCUT2D eigenvalue weighted by Gasteiger charge is 2.27. The summed E-state index contributed by atoms with van der Waals surface area (Å²) >= 11 is 0. The molecule has 2 unspecified atom stereocenters. The molecule has 0 aliphatic rings. The van der Waals surface area contributed by atoms with Crippen LogP contribution in [0.5, 0.6) is 0 Å². The predicted octanol–water partition coefficient (Wildman–Crippen LogP) is 7.70. The number of fused-ring (bicyclic) bond motifs is 1. The van der Waals surface area contributed by atoms with Crippen LogP contribution in [0.15, 0.2) is 30.3 Å². The SMILES string of the molecule is CCCC(C)(C)C(C)c1ccc2nc(C(C)C(C)(C)CC)ccc2c1. The standard InChI is InChI=1S/C24H37N/c1-9-15-24(7,8)17(3)19-11-14-22-20(16-19)12-13-21(25-22)18(4)23(5,6)10-2/h11-14,16-18H,9-10,15H2,1-8H3. The molecule has 0 amide bonds. The Balaban J connectivity index is 2.36. The summed E-state index contributed by atoms with van der Waals surface area (Å²) in [5.41, 5.74) is 4.38. The molecule has 0 spiro atoms. The van der Waals surface area contributed by atoms with E-state index in [4.69, 9.17) is 4.98 Å². The quantitative estimate of drug-likeness (QED) is 0.503. The molecular formula is C24H37N. The highest BCUT2D eigenvalue weighted by Crippen LogP contribution is 2.40. The first-order chi connectivity index (χ1) is 11.6. The molecule has 1 nitrogen and oxygen atoms in total. The van der Waals surface area contributed by atoms with Gasteiger partial charge in [-0.05, 0) is 46.9 Å². The Kier molecular flexibility index (Phi) is 5.97. The molecule has 0 saturated carbocycles. The Morgan fingerprint density at radius 2 is 1.56 bits per heavy atom. The first-order valence-electron chi connectivity index (χ1n) is 10.0. The number of benzene rings is 1. The first-order valence-corrected chi connectivity index (χ1v) is 10.0. The second-order valence-corrected chi connectivity index (χ2v) is 9.21. The van der Waals surface area contributed by atoms with Gasteiger partial charge in [0.1, 0.15) is 0 Å². The van der Waals surface area contributed by atoms with Crippen molar-refractivity contribution < 1.29 is 0 Å². The van der Waals surface area contributed by atoms with Crippen molar-refractivity contribution in [3.63, 3.8) is 0 Å². The molecule has 0 aliphatic heterocycles. The van der Waals surface area contributed by atoms with Gasteiger partial charge in [0.05, 0.1) is 5.52 Å². The van der Waals surface area contributed by atoms with E-state index < -0.39 is 0 Å². The van der Waals surface area contributed by atoms with Crippen LogP contribution >= 0.6 is 0 Å². The van der Waals surface area contributed by atoms with E-state index >= 15 is 0 Å². The third-order valence-electron chi connectivity index (χ3n) is 6.83. The summed E-state index contributed by atoms with van der Waals surface area (Å²) in [5.74, 6) is 1.01. The van der Waals surface area contributed by atoms with Crippen LogP contribution in [0.25, 0.3) is 10.9 Å². The molecule has 1 heterocycles. The lowest BCUT2D eigenvalue weighted by Crippen LogP contribution is -2.20. The van der Waals surface area contributed by atoms with Crippen molar-refractivity contribution >= 4 is 10.9 Å². The highest BCUT2D eigenvalue weighted by molar-refractivity contribution is 5.79. The molecule has 1 heteroatoms. The van der Waals surface area contributed by atoms with E-state index in [1.165, 1.54) is 29.5 Å². The van der Waals surface area contributed by atoms with Crippen molar-refractivity contribution in [2.24, 2.45) is 10.8 Å². The lowest BCUT2D eigenvalue weighted by Gasteiger charge is -2.32. The van der Waals surface area contributed by atoms with Gasteiger partial charge in [0.25, 0.3) is 0 Å². The monoisotopic (exact) mass is 339 g/mol. The van der Waals surface area contributed by atoms with Crippen molar-refractivity contribution in [1.82, 2.24) is 4.98 Å². The zero-order valence-electron chi connectivity index (χ0n) is 17.6. The maximum absolute atomic E-state index is 4.99. The summed E-state index contributed by atoms with van der Waals surface area (Å²) in [6.45, 7) is 18.7. The number of rotatable bonds is 7. The van der Waals surface area contributed by atoms with Crippen LogP contribution in [-0.4, -0.2) is 4.98 Å². The third kappa shape index (κ3) is 4.25. The summed E-state index contributed by atoms with van der Waals surface area (Å²) in [4.78, 5) is 4.99. The Bertz CT molecular complexity index is 711. The largest absolute Gasteiger partial charge is 0.253 e. The Morgan fingerprint density at radius 3 is 2.16 bits per heavy atom. The molecule has 0 radical (unpaired) electrons. The van der Waals surface area contributed by atoms with Crippen molar-refractivity contribution in [2.45, 2.75) is 86.5 Å². The molecule has 0 aliphatic carbocycles. The summed E-state index contributed by atoms with van der Waals surface area (Å²) in [7, 11) is 0. The van der Waals surface area contributed by atoms with Crippen molar-refractivity contribution in [2.75, 3.05) is 0 Å². The maximum atomic E-state index is 4.99. The normalized spacial score (nSPS) is 15.4. The fourth-order valence-electron chi connectivity index (χ4n) is 3.69. The average molecular weight is 340 g/mol. The molecule has 2 rings (SSSR count). The molecule has 0 saturated heterocycles. The minimum atomic E-state index is 0.277. The zero-order valence-corrected chi connectivity index (χ0v) is 17.6.